The zero-order valence-electron chi connectivity index (χ0n) is 57.9. The number of rotatable bonds is 23. The Morgan fingerprint density at radius 3 is 1.33 bits per heavy atom. The minimum absolute atomic E-state index is 0.393. The summed E-state index contributed by atoms with van der Waals surface area (Å²) in [5, 5.41) is 0. The van der Waals surface area contributed by atoms with Crippen molar-refractivity contribution in [3.63, 3.8) is 0 Å². The average molecular weight is 1090 g/mol. The van der Waals surface area contributed by atoms with Crippen LogP contribution in [0.1, 0.15) is 344 Å². The van der Waals surface area contributed by atoms with E-state index in [2.05, 4.69) is 145 Å². The maximum Gasteiger partial charge on any atom is -0.0357 e. The van der Waals surface area contributed by atoms with Gasteiger partial charge in [-0.1, -0.05) is 178 Å². The van der Waals surface area contributed by atoms with E-state index >= 15 is 0 Å². The van der Waals surface area contributed by atoms with E-state index in [0.29, 0.717) is 5.41 Å². The van der Waals surface area contributed by atoms with Crippen LogP contribution in [0.25, 0.3) is 0 Å². The maximum absolute atomic E-state index is 2.78. The molecule has 0 heterocycles. The fraction of sp³-hybridized carbons (Fsp3) is 1.00. The fourth-order valence-corrected chi connectivity index (χ4v) is 20.7. The smallest absolute Gasteiger partial charge is 0.0357 e. The highest BCUT2D eigenvalue weighted by molar-refractivity contribution is 4.90. The molecule has 0 aliphatic heterocycles. The van der Waals surface area contributed by atoms with E-state index < -0.39 is 0 Å². The minimum atomic E-state index is 0.393. The molecule has 22 unspecified atom stereocenters. The Bertz CT molecular complexity index is 1510. The summed E-state index contributed by atoms with van der Waals surface area (Å²) in [7, 11) is 0. The van der Waals surface area contributed by atoms with Gasteiger partial charge in [-0.2, -0.15) is 0 Å². The first kappa shape index (κ1) is 70.5. The Morgan fingerprint density at radius 2 is 0.769 bits per heavy atom. The van der Waals surface area contributed by atoms with Gasteiger partial charge in [0.05, 0.1) is 0 Å². The fourth-order valence-electron chi connectivity index (χ4n) is 20.7. The van der Waals surface area contributed by atoms with Gasteiger partial charge >= 0.3 is 0 Å². The minimum Gasteiger partial charge on any atom is -0.0651 e. The summed E-state index contributed by atoms with van der Waals surface area (Å²) in [5.74, 6) is 22.1. The molecule has 4 saturated carbocycles. The first-order chi connectivity index (χ1) is 36.6. The first-order valence-electron chi connectivity index (χ1n) is 36.6. The Hall–Kier alpha value is 0. The first-order valence-corrected chi connectivity index (χ1v) is 36.6. The van der Waals surface area contributed by atoms with Crippen LogP contribution in [0.5, 0.6) is 0 Å². The molecule has 5 bridgehead atoms. The second-order valence-electron chi connectivity index (χ2n) is 35.6. The highest BCUT2D eigenvalue weighted by Crippen LogP contribution is 2.50. The molecule has 4 aliphatic rings. The van der Waals surface area contributed by atoms with Gasteiger partial charge in [0, 0.05) is 0 Å². The maximum atomic E-state index is 2.78. The van der Waals surface area contributed by atoms with Gasteiger partial charge in [0.2, 0.25) is 0 Å². The molecule has 0 nitrogen and oxygen atoms in total. The van der Waals surface area contributed by atoms with Crippen molar-refractivity contribution in [2.45, 2.75) is 344 Å². The van der Waals surface area contributed by atoms with Crippen LogP contribution in [0, 0.1) is 153 Å². The van der Waals surface area contributed by atoms with E-state index in [0.717, 1.165) is 148 Å². The predicted octanol–water partition coefficient (Wildman–Crippen LogP) is 25.9. The van der Waals surface area contributed by atoms with Crippen molar-refractivity contribution < 1.29 is 0 Å². The summed E-state index contributed by atoms with van der Waals surface area (Å²) in [4.78, 5) is 0. The second-order valence-corrected chi connectivity index (χ2v) is 35.6. The third-order valence-corrected chi connectivity index (χ3v) is 23.3. The average Bonchev–Trinajstić information content (AvgIpc) is 3.27. The molecule has 22 atom stereocenters. The number of hydrogen-bond acceptors (Lipinski definition) is 0. The van der Waals surface area contributed by atoms with Crippen molar-refractivity contribution in [3.8, 4) is 0 Å². The lowest BCUT2D eigenvalue weighted by molar-refractivity contribution is 0.0939. The standard InChI is InChI=1S/C78H150/c1-22-67(35-60(12)32-58(10)29-54(4)5)36-64(16)41-72-48-71(38-61(13)33-59(11)31-57(9)28-53(2)3)45-68-25-23-24-56(8)43-76-27-26-69(30-55(6)7)47-73-39-63(15)34-62(14)37-70(44-66(18)78(19,20)21)40-65(17)42-74(52-77(76)51-73)50-75(46-68)49-72/h53-77H,22-52H2,1-21H3. The van der Waals surface area contributed by atoms with Crippen LogP contribution in [0.15, 0.2) is 0 Å². The molecule has 0 amide bonds. The number of hydrogen-bond donors (Lipinski definition) is 0. The Balaban J connectivity index is 1.73. The molecule has 0 aromatic heterocycles. The SMILES string of the molecule is CCC(CC(C)CC(C)CC(C)C)CC(C)CC1CC(CC(C)CC(C)CC(C)CC(C)C)CC2CCCC(C)CC3CCC(CC(C)C)CC4CC(C)CC(C)CC(CC(C)C(C)(C)C)CC(C)CC(CC(C2)C1)CC3C4. The zero-order valence-corrected chi connectivity index (χ0v) is 57.9. The molecular formula is C78H150. The molecule has 0 saturated heterocycles. The van der Waals surface area contributed by atoms with Crippen molar-refractivity contribution in [2.75, 3.05) is 0 Å². The predicted molar refractivity (Wildman–Crippen MR) is 352 cm³/mol. The largest absolute Gasteiger partial charge is 0.0651 e. The highest BCUT2D eigenvalue weighted by atomic mass is 14.4. The summed E-state index contributed by atoms with van der Waals surface area (Å²) in [6.45, 7) is 54.3. The molecule has 4 fully saturated rings. The molecule has 0 heteroatoms. The number of fused-ring (bicyclic) bond motifs is 4. The van der Waals surface area contributed by atoms with Gasteiger partial charge in [-0.3, -0.25) is 0 Å². The van der Waals surface area contributed by atoms with Gasteiger partial charge in [0.1, 0.15) is 0 Å². The molecule has 0 spiro atoms. The van der Waals surface area contributed by atoms with Crippen molar-refractivity contribution in [2.24, 2.45) is 153 Å². The summed E-state index contributed by atoms with van der Waals surface area (Å²) >= 11 is 0. The summed E-state index contributed by atoms with van der Waals surface area (Å²) in [6, 6.07) is 0. The van der Waals surface area contributed by atoms with E-state index in [9.17, 15) is 0 Å². The van der Waals surface area contributed by atoms with E-state index in [-0.39, 0.29) is 0 Å². The van der Waals surface area contributed by atoms with Crippen molar-refractivity contribution in [3.05, 3.63) is 0 Å². The van der Waals surface area contributed by atoms with Crippen molar-refractivity contribution in [1.82, 2.24) is 0 Å². The van der Waals surface area contributed by atoms with Crippen LogP contribution in [-0.2, 0) is 0 Å². The lowest BCUT2D eigenvalue weighted by Gasteiger charge is -2.42. The Kier molecular flexibility index (Phi) is 32.0. The van der Waals surface area contributed by atoms with E-state index in [1.54, 1.807) is 44.9 Å². The highest BCUT2D eigenvalue weighted by Gasteiger charge is 2.38. The van der Waals surface area contributed by atoms with E-state index in [1.807, 2.05) is 0 Å². The van der Waals surface area contributed by atoms with Crippen molar-refractivity contribution >= 4 is 0 Å². The summed E-state index contributed by atoms with van der Waals surface area (Å²) in [5.41, 5.74) is 0.393. The quantitative estimate of drug-likeness (QED) is 0.0957. The van der Waals surface area contributed by atoms with Gasteiger partial charge in [0.15, 0.2) is 0 Å². The van der Waals surface area contributed by atoms with Crippen LogP contribution in [0.3, 0.4) is 0 Å². The van der Waals surface area contributed by atoms with Gasteiger partial charge in [0.25, 0.3) is 0 Å². The van der Waals surface area contributed by atoms with Crippen molar-refractivity contribution in [1.29, 1.82) is 0 Å². The normalized spacial score (nSPS) is 35.1. The van der Waals surface area contributed by atoms with E-state index in [4.69, 9.17) is 0 Å². The summed E-state index contributed by atoms with van der Waals surface area (Å²) in [6.07, 6.45) is 46.4. The van der Waals surface area contributed by atoms with Crippen LogP contribution in [0.4, 0.5) is 0 Å². The van der Waals surface area contributed by atoms with Gasteiger partial charge in [-0.15, -0.1) is 0 Å². The lowest BCUT2D eigenvalue weighted by Crippen LogP contribution is -2.31. The van der Waals surface area contributed by atoms with Gasteiger partial charge in [-0.25, -0.2) is 0 Å². The lowest BCUT2D eigenvalue weighted by atomic mass is 9.64. The van der Waals surface area contributed by atoms with Crippen LogP contribution >= 0.6 is 0 Å². The van der Waals surface area contributed by atoms with Crippen LogP contribution < -0.4 is 0 Å². The van der Waals surface area contributed by atoms with Gasteiger partial charge in [-0.05, 0) is 320 Å². The Labute approximate surface area is 495 Å². The zero-order chi connectivity index (χ0) is 57.9. The molecule has 4 aliphatic carbocycles. The molecule has 4 rings (SSSR count). The molecule has 0 aromatic carbocycles. The molecule has 0 aromatic rings. The third-order valence-electron chi connectivity index (χ3n) is 23.3. The van der Waals surface area contributed by atoms with Crippen LogP contribution in [-0.4, -0.2) is 0 Å². The summed E-state index contributed by atoms with van der Waals surface area (Å²) < 4.78 is 0. The molecule has 0 N–H and O–H groups in total. The van der Waals surface area contributed by atoms with E-state index in [1.165, 1.54) is 154 Å². The Morgan fingerprint density at radius 1 is 0.321 bits per heavy atom. The third kappa shape index (κ3) is 28.3. The molecule has 462 valence electrons. The van der Waals surface area contributed by atoms with Gasteiger partial charge < -0.3 is 0 Å². The molecule has 78 heavy (non-hydrogen) atoms. The molecule has 0 radical (unpaired) electrons. The monoisotopic (exact) mass is 1090 g/mol. The topological polar surface area (TPSA) is 0 Å². The second kappa shape index (κ2) is 35.5. The molecular weight excluding hydrogens is 937 g/mol. The van der Waals surface area contributed by atoms with Crippen LogP contribution in [0.2, 0.25) is 0 Å².